The van der Waals surface area contributed by atoms with Crippen molar-refractivity contribution in [2.75, 3.05) is 13.7 Å². The summed E-state index contributed by atoms with van der Waals surface area (Å²) in [4.78, 5) is 0.0542. The summed E-state index contributed by atoms with van der Waals surface area (Å²) < 4.78 is 32.2. The first-order chi connectivity index (χ1) is 8.81. The van der Waals surface area contributed by atoms with Crippen molar-refractivity contribution in [3.63, 3.8) is 0 Å². The molecule has 1 aromatic rings. The summed E-state index contributed by atoms with van der Waals surface area (Å²) in [5.74, 6) is 0.303. The number of halogens is 1. The smallest absolute Gasteiger partial charge is 0.244 e. The second-order valence-electron chi connectivity index (χ2n) is 4.50. The average molecular weight is 307 g/mol. The van der Waals surface area contributed by atoms with E-state index in [0.29, 0.717) is 5.02 Å². The van der Waals surface area contributed by atoms with Crippen molar-refractivity contribution in [1.82, 2.24) is 4.72 Å². The molecule has 0 amide bonds. The molecule has 0 saturated carbocycles. The van der Waals surface area contributed by atoms with Gasteiger partial charge in [-0.05, 0) is 18.1 Å². The van der Waals surface area contributed by atoms with E-state index in [1.807, 2.05) is 13.8 Å². The predicted molar refractivity (Wildman–Crippen MR) is 76.0 cm³/mol. The third-order valence-corrected chi connectivity index (χ3v) is 4.54. The number of nitrogens with one attached hydrogen (secondary N) is 1. The number of nitrogens with two attached hydrogens (primary N) is 1. The lowest BCUT2D eigenvalue weighted by atomic mass is 10.1. The number of hydrogen-bond acceptors (Lipinski definition) is 4. The molecule has 0 aliphatic heterocycles. The molecule has 1 aromatic carbocycles. The molecule has 0 spiro atoms. The molecule has 7 heteroatoms. The second-order valence-corrected chi connectivity index (χ2v) is 6.62. The van der Waals surface area contributed by atoms with Crippen LogP contribution in [0.1, 0.15) is 13.8 Å². The van der Waals surface area contributed by atoms with Crippen LogP contribution in [-0.2, 0) is 10.0 Å². The zero-order valence-corrected chi connectivity index (χ0v) is 12.8. The van der Waals surface area contributed by atoms with E-state index in [9.17, 15) is 8.42 Å². The third-order valence-electron chi connectivity index (χ3n) is 2.78. The van der Waals surface area contributed by atoms with Crippen molar-refractivity contribution in [3.8, 4) is 5.75 Å². The van der Waals surface area contributed by atoms with Gasteiger partial charge in [0.15, 0.2) is 0 Å². The van der Waals surface area contributed by atoms with Crippen molar-refractivity contribution in [1.29, 1.82) is 0 Å². The van der Waals surface area contributed by atoms with E-state index in [-0.39, 0.29) is 29.1 Å². The minimum absolute atomic E-state index is 0.0542. The number of methoxy groups -OCH3 is 1. The lowest BCUT2D eigenvalue weighted by Crippen LogP contribution is -2.43. The van der Waals surface area contributed by atoms with Crippen molar-refractivity contribution in [2.45, 2.75) is 24.8 Å². The molecule has 0 radical (unpaired) electrons. The third kappa shape index (κ3) is 4.07. The molecular weight excluding hydrogens is 288 g/mol. The Morgan fingerprint density at radius 1 is 1.42 bits per heavy atom. The SMILES string of the molecule is COc1cc(Cl)ccc1S(=O)(=O)NC(CN)C(C)C. The van der Waals surface area contributed by atoms with E-state index in [4.69, 9.17) is 22.1 Å². The van der Waals surface area contributed by atoms with Gasteiger partial charge in [-0.2, -0.15) is 0 Å². The quantitative estimate of drug-likeness (QED) is 0.836. The van der Waals surface area contributed by atoms with Crippen LogP contribution in [0, 0.1) is 5.92 Å². The lowest BCUT2D eigenvalue weighted by Gasteiger charge is -2.21. The number of hydrogen-bond donors (Lipinski definition) is 2. The first-order valence-corrected chi connectivity index (χ1v) is 7.74. The van der Waals surface area contributed by atoms with Crippen molar-refractivity contribution < 1.29 is 13.2 Å². The standard InChI is InChI=1S/C12H19ClN2O3S/c1-8(2)10(7-14)15-19(16,17)12-5-4-9(13)6-11(12)18-3/h4-6,8,10,15H,7,14H2,1-3H3. The van der Waals surface area contributed by atoms with Crippen LogP contribution in [0.4, 0.5) is 0 Å². The highest BCUT2D eigenvalue weighted by Crippen LogP contribution is 2.27. The van der Waals surface area contributed by atoms with E-state index in [1.165, 1.54) is 25.3 Å². The monoisotopic (exact) mass is 306 g/mol. The van der Waals surface area contributed by atoms with Crippen LogP contribution in [0.25, 0.3) is 0 Å². The van der Waals surface area contributed by atoms with Gasteiger partial charge in [-0.3, -0.25) is 0 Å². The minimum Gasteiger partial charge on any atom is -0.495 e. The van der Waals surface area contributed by atoms with Crippen LogP contribution < -0.4 is 15.2 Å². The van der Waals surface area contributed by atoms with E-state index in [1.54, 1.807) is 0 Å². The summed E-state index contributed by atoms with van der Waals surface area (Å²) in [6.45, 7) is 4.03. The lowest BCUT2D eigenvalue weighted by molar-refractivity contribution is 0.400. The molecule has 0 aliphatic rings. The molecular formula is C12H19ClN2O3S. The summed E-state index contributed by atoms with van der Waals surface area (Å²) in [7, 11) is -2.29. The van der Waals surface area contributed by atoms with Crippen LogP contribution in [0.2, 0.25) is 5.02 Å². The molecule has 0 bridgehead atoms. The Morgan fingerprint density at radius 2 is 2.05 bits per heavy atom. The van der Waals surface area contributed by atoms with Gasteiger partial charge in [0.1, 0.15) is 10.6 Å². The zero-order chi connectivity index (χ0) is 14.6. The fourth-order valence-corrected chi connectivity index (χ4v) is 3.29. The highest BCUT2D eigenvalue weighted by atomic mass is 35.5. The van der Waals surface area contributed by atoms with Gasteiger partial charge in [0, 0.05) is 23.7 Å². The second kappa shape index (κ2) is 6.56. The van der Waals surface area contributed by atoms with Gasteiger partial charge >= 0.3 is 0 Å². The molecule has 0 aliphatic carbocycles. The molecule has 19 heavy (non-hydrogen) atoms. The predicted octanol–water partition coefficient (Wildman–Crippen LogP) is 1.61. The van der Waals surface area contributed by atoms with Crippen molar-refractivity contribution in [3.05, 3.63) is 23.2 Å². The largest absolute Gasteiger partial charge is 0.495 e. The van der Waals surface area contributed by atoms with Gasteiger partial charge in [-0.25, -0.2) is 13.1 Å². The van der Waals surface area contributed by atoms with Gasteiger partial charge in [0.05, 0.1) is 7.11 Å². The fourth-order valence-electron chi connectivity index (χ4n) is 1.58. The molecule has 0 fully saturated rings. The zero-order valence-electron chi connectivity index (χ0n) is 11.2. The molecule has 0 heterocycles. The van der Waals surface area contributed by atoms with Gasteiger partial charge < -0.3 is 10.5 Å². The molecule has 0 aromatic heterocycles. The van der Waals surface area contributed by atoms with E-state index < -0.39 is 10.0 Å². The summed E-state index contributed by atoms with van der Waals surface area (Å²) in [5.41, 5.74) is 5.57. The molecule has 1 rings (SSSR count). The highest BCUT2D eigenvalue weighted by molar-refractivity contribution is 7.89. The Kier molecular flexibility index (Phi) is 5.61. The summed E-state index contributed by atoms with van der Waals surface area (Å²) in [5, 5.41) is 0.412. The van der Waals surface area contributed by atoms with E-state index >= 15 is 0 Å². The number of rotatable bonds is 6. The summed E-state index contributed by atoms with van der Waals surface area (Å²) >= 11 is 5.81. The number of ether oxygens (including phenoxy) is 1. The van der Waals surface area contributed by atoms with Gasteiger partial charge in [-0.1, -0.05) is 25.4 Å². The number of sulfonamides is 1. The maximum Gasteiger partial charge on any atom is 0.244 e. The Morgan fingerprint density at radius 3 is 2.53 bits per heavy atom. The Labute approximate surface area is 119 Å². The normalized spacial score (nSPS) is 13.6. The van der Waals surface area contributed by atoms with Crippen LogP contribution >= 0.6 is 11.6 Å². The topological polar surface area (TPSA) is 81.4 Å². The van der Waals surface area contributed by atoms with E-state index in [0.717, 1.165) is 0 Å². The summed E-state index contributed by atoms with van der Waals surface area (Å²) in [6, 6.07) is 4.05. The minimum atomic E-state index is -3.69. The van der Waals surface area contributed by atoms with Crippen LogP contribution in [0.3, 0.4) is 0 Å². The maximum atomic E-state index is 12.3. The first kappa shape index (κ1) is 16.2. The Hall–Kier alpha value is -0.820. The first-order valence-electron chi connectivity index (χ1n) is 5.87. The van der Waals surface area contributed by atoms with Crippen molar-refractivity contribution >= 4 is 21.6 Å². The molecule has 0 saturated heterocycles. The molecule has 3 N–H and O–H groups in total. The van der Waals surface area contributed by atoms with Crippen LogP contribution in [-0.4, -0.2) is 28.1 Å². The summed E-state index contributed by atoms with van der Waals surface area (Å²) in [6.07, 6.45) is 0. The highest BCUT2D eigenvalue weighted by Gasteiger charge is 2.24. The maximum absolute atomic E-state index is 12.3. The molecule has 108 valence electrons. The van der Waals surface area contributed by atoms with Gasteiger partial charge in [0.25, 0.3) is 0 Å². The Balaban J connectivity index is 3.13. The molecule has 1 atom stereocenters. The number of benzene rings is 1. The van der Waals surface area contributed by atoms with Crippen molar-refractivity contribution in [2.24, 2.45) is 11.7 Å². The van der Waals surface area contributed by atoms with Gasteiger partial charge in [-0.15, -0.1) is 0 Å². The van der Waals surface area contributed by atoms with E-state index in [2.05, 4.69) is 4.72 Å². The molecule has 1 unspecified atom stereocenters. The fraction of sp³-hybridized carbons (Fsp3) is 0.500. The van der Waals surface area contributed by atoms with Gasteiger partial charge in [0.2, 0.25) is 10.0 Å². The average Bonchev–Trinajstić information content (AvgIpc) is 2.35. The van der Waals surface area contributed by atoms with Crippen LogP contribution in [0.15, 0.2) is 23.1 Å². The molecule has 5 nitrogen and oxygen atoms in total. The van der Waals surface area contributed by atoms with Crippen LogP contribution in [0.5, 0.6) is 5.75 Å². The Bertz CT molecular complexity index is 532.